The minimum atomic E-state index is -0.577. The van der Waals surface area contributed by atoms with Crippen molar-refractivity contribution < 1.29 is 9.72 Å². The van der Waals surface area contributed by atoms with E-state index in [0.29, 0.717) is 19.6 Å². The van der Waals surface area contributed by atoms with E-state index in [9.17, 15) is 14.9 Å². The number of carbonyl (C=O) groups excluding carboxylic acids is 1. The van der Waals surface area contributed by atoms with E-state index in [1.54, 1.807) is 4.90 Å². The smallest absolute Gasteiger partial charge is 0.358 e. The Labute approximate surface area is 139 Å². The molecule has 2 heterocycles. The van der Waals surface area contributed by atoms with E-state index in [1.807, 2.05) is 18.2 Å². The number of nitrogens with two attached hydrogens (primary N) is 1. The molecule has 0 saturated carbocycles. The fraction of sp³-hybridized carbons (Fsp3) is 0.375. The monoisotopic (exact) mass is 329 g/mol. The normalized spacial score (nSPS) is 20.3. The highest BCUT2D eigenvalue weighted by Crippen LogP contribution is 2.32. The first-order valence-corrected chi connectivity index (χ1v) is 7.79. The standard InChI is InChI=1S/C16H19N5O3/c17-8-13-9-19(10-14(13)12-4-2-1-3-5-12)16(22)11-20-7-6-15(18-20)21(23)24/h1-7,13-14H,8-11,17H2/t13-,14+/m1/s1. The van der Waals surface area contributed by atoms with E-state index in [2.05, 4.69) is 17.2 Å². The summed E-state index contributed by atoms with van der Waals surface area (Å²) in [6.45, 7) is 1.70. The Morgan fingerprint density at radius 2 is 2.04 bits per heavy atom. The molecule has 2 aromatic rings. The number of amides is 1. The lowest BCUT2D eigenvalue weighted by Crippen LogP contribution is -2.32. The van der Waals surface area contributed by atoms with Crippen LogP contribution in [0.4, 0.5) is 5.82 Å². The van der Waals surface area contributed by atoms with Crippen molar-refractivity contribution in [1.82, 2.24) is 14.7 Å². The van der Waals surface area contributed by atoms with E-state index >= 15 is 0 Å². The van der Waals surface area contributed by atoms with Crippen molar-refractivity contribution in [3.05, 3.63) is 58.3 Å². The van der Waals surface area contributed by atoms with Gasteiger partial charge < -0.3 is 20.7 Å². The molecule has 1 aliphatic heterocycles. The quantitative estimate of drug-likeness (QED) is 0.650. The highest BCUT2D eigenvalue weighted by atomic mass is 16.6. The molecule has 0 bridgehead atoms. The first-order chi connectivity index (χ1) is 11.6. The van der Waals surface area contributed by atoms with Crippen molar-refractivity contribution in [3.63, 3.8) is 0 Å². The van der Waals surface area contributed by atoms with Gasteiger partial charge in [0.05, 0.1) is 17.4 Å². The molecule has 0 spiro atoms. The highest BCUT2D eigenvalue weighted by Gasteiger charge is 2.35. The van der Waals surface area contributed by atoms with Gasteiger partial charge in [0.2, 0.25) is 5.91 Å². The zero-order valence-corrected chi connectivity index (χ0v) is 13.1. The Hall–Kier alpha value is -2.74. The molecule has 24 heavy (non-hydrogen) atoms. The van der Waals surface area contributed by atoms with E-state index in [1.165, 1.54) is 22.5 Å². The van der Waals surface area contributed by atoms with Gasteiger partial charge in [-0.2, -0.15) is 4.68 Å². The van der Waals surface area contributed by atoms with Gasteiger partial charge in [-0.25, -0.2) is 0 Å². The van der Waals surface area contributed by atoms with Gasteiger partial charge in [-0.05, 0) is 22.9 Å². The Balaban J connectivity index is 1.68. The van der Waals surface area contributed by atoms with Crippen LogP contribution in [0.25, 0.3) is 0 Å². The van der Waals surface area contributed by atoms with Gasteiger partial charge in [-0.1, -0.05) is 30.3 Å². The fourth-order valence-corrected chi connectivity index (χ4v) is 3.17. The van der Waals surface area contributed by atoms with Crippen molar-refractivity contribution >= 4 is 11.7 Å². The summed E-state index contributed by atoms with van der Waals surface area (Å²) in [6.07, 6.45) is 1.45. The van der Waals surface area contributed by atoms with Gasteiger partial charge in [0.1, 0.15) is 6.54 Å². The minimum absolute atomic E-state index is 0.00730. The third-order valence-corrected chi connectivity index (χ3v) is 4.44. The summed E-state index contributed by atoms with van der Waals surface area (Å²) in [5.74, 6) is 0.0616. The lowest BCUT2D eigenvalue weighted by Gasteiger charge is -2.16. The molecule has 1 aliphatic rings. The van der Waals surface area contributed by atoms with Crippen molar-refractivity contribution in [2.45, 2.75) is 12.5 Å². The van der Waals surface area contributed by atoms with Crippen LogP contribution in [0.15, 0.2) is 42.6 Å². The number of rotatable bonds is 5. The third kappa shape index (κ3) is 3.28. The molecule has 126 valence electrons. The van der Waals surface area contributed by atoms with Gasteiger partial charge in [0.15, 0.2) is 0 Å². The number of hydrogen-bond acceptors (Lipinski definition) is 5. The summed E-state index contributed by atoms with van der Waals surface area (Å²) >= 11 is 0. The first kappa shape index (κ1) is 16.1. The van der Waals surface area contributed by atoms with Crippen molar-refractivity contribution in [1.29, 1.82) is 0 Å². The Bertz CT molecular complexity index is 730. The molecule has 8 heteroatoms. The molecular weight excluding hydrogens is 310 g/mol. The van der Waals surface area contributed by atoms with Crippen LogP contribution < -0.4 is 5.73 Å². The van der Waals surface area contributed by atoms with Crippen LogP contribution in [0.3, 0.4) is 0 Å². The average Bonchev–Trinajstić information content (AvgIpc) is 3.22. The van der Waals surface area contributed by atoms with Gasteiger partial charge in [-0.3, -0.25) is 4.79 Å². The Kier molecular flexibility index (Phi) is 4.57. The van der Waals surface area contributed by atoms with Crippen molar-refractivity contribution in [2.24, 2.45) is 11.7 Å². The molecule has 0 aliphatic carbocycles. The summed E-state index contributed by atoms with van der Waals surface area (Å²) in [4.78, 5) is 24.3. The van der Waals surface area contributed by atoms with Gasteiger partial charge in [0.25, 0.3) is 0 Å². The number of hydrogen-bond donors (Lipinski definition) is 1. The number of carbonyl (C=O) groups is 1. The zero-order chi connectivity index (χ0) is 17.1. The maximum absolute atomic E-state index is 12.5. The zero-order valence-electron chi connectivity index (χ0n) is 13.1. The van der Waals surface area contributed by atoms with Crippen molar-refractivity contribution in [2.75, 3.05) is 19.6 Å². The van der Waals surface area contributed by atoms with E-state index < -0.39 is 4.92 Å². The molecule has 1 aromatic heterocycles. The van der Waals surface area contributed by atoms with E-state index in [-0.39, 0.29) is 30.1 Å². The predicted molar refractivity (Wildman–Crippen MR) is 87.2 cm³/mol. The van der Waals surface area contributed by atoms with Crippen molar-refractivity contribution in [3.8, 4) is 0 Å². The molecule has 3 rings (SSSR count). The molecule has 2 atom stereocenters. The molecular formula is C16H19N5O3. The van der Waals surface area contributed by atoms with Crippen LogP contribution in [-0.4, -0.2) is 45.1 Å². The Morgan fingerprint density at radius 3 is 2.67 bits per heavy atom. The van der Waals surface area contributed by atoms with Gasteiger partial charge in [0, 0.05) is 19.0 Å². The molecule has 2 N–H and O–H groups in total. The van der Waals surface area contributed by atoms with Crippen LogP contribution >= 0.6 is 0 Å². The van der Waals surface area contributed by atoms with Crippen LogP contribution in [0.1, 0.15) is 11.5 Å². The van der Waals surface area contributed by atoms with Crippen LogP contribution in [0.5, 0.6) is 0 Å². The summed E-state index contributed by atoms with van der Waals surface area (Å²) in [5, 5.41) is 14.4. The maximum atomic E-state index is 12.5. The number of aromatic nitrogens is 2. The molecule has 1 aromatic carbocycles. The minimum Gasteiger partial charge on any atom is -0.358 e. The molecule has 0 radical (unpaired) electrons. The molecule has 0 unspecified atom stereocenters. The number of nitro groups is 1. The molecule has 8 nitrogen and oxygen atoms in total. The lowest BCUT2D eigenvalue weighted by atomic mass is 9.89. The van der Waals surface area contributed by atoms with Crippen LogP contribution in [0, 0.1) is 16.0 Å². The second-order valence-electron chi connectivity index (χ2n) is 5.94. The number of likely N-dealkylation sites (tertiary alicyclic amines) is 1. The number of nitrogens with zero attached hydrogens (tertiary/aromatic N) is 4. The van der Waals surface area contributed by atoms with Gasteiger partial charge in [-0.15, -0.1) is 0 Å². The van der Waals surface area contributed by atoms with Crippen LogP contribution in [-0.2, 0) is 11.3 Å². The third-order valence-electron chi connectivity index (χ3n) is 4.44. The van der Waals surface area contributed by atoms with E-state index in [0.717, 1.165) is 0 Å². The summed E-state index contributed by atoms with van der Waals surface area (Å²) < 4.78 is 1.30. The van der Waals surface area contributed by atoms with Crippen LogP contribution in [0.2, 0.25) is 0 Å². The number of benzene rings is 1. The topological polar surface area (TPSA) is 107 Å². The fourth-order valence-electron chi connectivity index (χ4n) is 3.17. The maximum Gasteiger partial charge on any atom is 0.389 e. The molecule has 1 amide bonds. The second-order valence-corrected chi connectivity index (χ2v) is 5.94. The lowest BCUT2D eigenvalue weighted by molar-refractivity contribution is -0.389. The molecule has 1 saturated heterocycles. The van der Waals surface area contributed by atoms with Gasteiger partial charge >= 0.3 is 5.82 Å². The summed E-state index contributed by atoms with van der Waals surface area (Å²) in [7, 11) is 0. The molecule has 1 fully saturated rings. The average molecular weight is 329 g/mol. The highest BCUT2D eigenvalue weighted by molar-refractivity contribution is 5.76. The SMILES string of the molecule is NC[C@@H]1CN(C(=O)Cn2ccc([N+](=O)[O-])n2)C[C@H]1c1ccccc1. The van der Waals surface area contributed by atoms with E-state index in [4.69, 9.17) is 5.73 Å². The predicted octanol–water partition coefficient (Wildman–Crippen LogP) is 0.992. The largest absolute Gasteiger partial charge is 0.389 e. The first-order valence-electron chi connectivity index (χ1n) is 7.79. The summed E-state index contributed by atoms with van der Waals surface area (Å²) in [5.41, 5.74) is 7.06. The Morgan fingerprint density at radius 1 is 1.29 bits per heavy atom. The summed E-state index contributed by atoms with van der Waals surface area (Å²) in [6, 6.07) is 11.3. The second kappa shape index (κ2) is 6.79.